The maximum atomic E-state index is 12.1. The molecular formula is C15H15N3O4S. The maximum absolute atomic E-state index is 12.1. The minimum absolute atomic E-state index is 0.128. The van der Waals surface area contributed by atoms with E-state index in [-0.39, 0.29) is 18.7 Å². The number of aromatic nitrogens is 1. The second-order valence-electron chi connectivity index (χ2n) is 5.18. The first-order chi connectivity index (χ1) is 11.3. The van der Waals surface area contributed by atoms with Gasteiger partial charge in [-0.25, -0.2) is 4.98 Å². The van der Waals surface area contributed by atoms with Crippen LogP contribution in [-0.2, 0) is 9.53 Å². The summed E-state index contributed by atoms with van der Waals surface area (Å²) >= 11 is 1.39. The summed E-state index contributed by atoms with van der Waals surface area (Å²) in [4.78, 5) is 16.6. The number of hydrogen-bond acceptors (Lipinski definition) is 7. The van der Waals surface area contributed by atoms with E-state index in [1.165, 1.54) is 11.3 Å². The Balaban J connectivity index is 1.47. The Morgan fingerprint density at radius 3 is 3.13 bits per heavy atom. The van der Waals surface area contributed by atoms with Crippen LogP contribution < -0.4 is 20.1 Å². The van der Waals surface area contributed by atoms with E-state index < -0.39 is 0 Å². The lowest BCUT2D eigenvalue weighted by atomic mass is 10.1. The molecule has 1 fully saturated rings. The summed E-state index contributed by atoms with van der Waals surface area (Å²) in [6.07, 6.45) is 0. The summed E-state index contributed by atoms with van der Waals surface area (Å²) in [5.41, 5.74) is 1.71. The zero-order valence-corrected chi connectivity index (χ0v) is 13.0. The molecule has 3 heterocycles. The summed E-state index contributed by atoms with van der Waals surface area (Å²) in [6.45, 7) is 1.94. The van der Waals surface area contributed by atoms with Crippen LogP contribution in [0.5, 0.6) is 11.5 Å². The van der Waals surface area contributed by atoms with Crippen molar-refractivity contribution >= 4 is 22.4 Å². The van der Waals surface area contributed by atoms with Crippen LogP contribution in [0.15, 0.2) is 23.6 Å². The normalized spacial score (nSPS) is 19.6. The highest BCUT2D eigenvalue weighted by Gasteiger charge is 2.22. The third-order valence-electron chi connectivity index (χ3n) is 3.64. The third-order valence-corrected chi connectivity index (χ3v) is 4.40. The van der Waals surface area contributed by atoms with Gasteiger partial charge in [0.05, 0.1) is 18.9 Å². The van der Waals surface area contributed by atoms with Crippen LogP contribution in [0.4, 0.5) is 5.13 Å². The molecule has 1 saturated heterocycles. The van der Waals surface area contributed by atoms with Crippen molar-refractivity contribution in [3.63, 3.8) is 0 Å². The molecule has 1 amide bonds. The molecule has 4 rings (SSSR count). The van der Waals surface area contributed by atoms with Gasteiger partial charge in [-0.2, -0.15) is 0 Å². The molecule has 2 aromatic rings. The van der Waals surface area contributed by atoms with E-state index in [0.717, 1.165) is 17.0 Å². The molecule has 2 N–H and O–H groups in total. The van der Waals surface area contributed by atoms with Gasteiger partial charge in [0.25, 0.3) is 0 Å². The van der Waals surface area contributed by atoms with E-state index in [9.17, 15) is 4.79 Å². The number of rotatable bonds is 3. The SMILES string of the molecule is O=C(Nc1nc(-c2ccc3c(c2)OCO3)cs1)C1COCCN1. The minimum Gasteiger partial charge on any atom is -0.454 e. The number of ether oxygens (including phenoxy) is 3. The lowest BCUT2D eigenvalue weighted by Gasteiger charge is -2.22. The van der Waals surface area contributed by atoms with Crippen molar-refractivity contribution < 1.29 is 19.0 Å². The molecule has 8 heteroatoms. The monoisotopic (exact) mass is 333 g/mol. The Morgan fingerprint density at radius 1 is 1.35 bits per heavy atom. The topological polar surface area (TPSA) is 81.7 Å². The molecule has 1 unspecified atom stereocenters. The van der Waals surface area contributed by atoms with E-state index >= 15 is 0 Å². The molecule has 0 radical (unpaired) electrons. The highest BCUT2D eigenvalue weighted by Crippen LogP contribution is 2.36. The van der Waals surface area contributed by atoms with Gasteiger partial charge >= 0.3 is 0 Å². The molecule has 0 spiro atoms. The highest BCUT2D eigenvalue weighted by atomic mass is 32.1. The Morgan fingerprint density at radius 2 is 2.26 bits per heavy atom. The molecule has 7 nitrogen and oxygen atoms in total. The van der Waals surface area contributed by atoms with E-state index in [4.69, 9.17) is 14.2 Å². The number of hydrogen-bond donors (Lipinski definition) is 2. The van der Waals surface area contributed by atoms with Crippen molar-refractivity contribution in [2.24, 2.45) is 0 Å². The lowest BCUT2D eigenvalue weighted by molar-refractivity contribution is -0.120. The molecule has 120 valence electrons. The molecule has 1 atom stereocenters. The van der Waals surface area contributed by atoms with Gasteiger partial charge in [-0.05, 0) is 18.2 Å². The maximum Gasteiger partial charge on any atom is 0.245 e. The number of thiazole rings is 1. The van der Waals surface area contributed by atoms with Gasteiger partial charge < -0.3 is 24.8 Å². The Bertz CT molecular complexity index is 727. The Hall–Kier alpha value is -2.16. The minimum atomic E-state index is -0.332. The molecule has 0 aliphatic carbocycles. The zero-order valence-electron chi connectivity index (χ0n) is 12.2. The lowest BCUT2D eigenvalue weighted by Crippen LogP contribution is -2.48. The van der Waals surface area contributed by atoms with E-state index in [1.807, 2.05) is 23.6 Å². The molecular weight excluding hydrogens is 318 g/mol. The number of morpholine rings is 1. The first-order valence-electron chi connectivity index (χ1n) is 7.27. The zero-order chi connectivity index (χ0) is 15.6. The van der Waals surface area contributed by atoms with Crippen molar-refractivity contribution in [1.29, 1.82) is 0 Å². The van der Waals surface area contributed by atoms with Crippen LogP contribution in [0, 0.1) is 0 Å². The molecule has 23 heavy (non-hydrogen) atoms. The van der Waals surface area contributed by atoms with Gasteiger partial charge in [-0.1, -0.05) is 0 Å². The molecule has 2 aliphatic rings. The highest BCUT2D eigenvalue weighted by molar-refractivity contribution is 7.14. The number of nitrogens with one attached hydrogen (secondary N) is 2. The van der Waals surface area contributed by atoms with Crippen LogP contribution in [0.3, 0.4) is 0 Å². The van der Waals surface area contributed by atoms with Crippen molar-refractivity contribution in [2.45, 2.75) is 6.04 Å². The molecule has 1 aromatic heterocycles. The molecule has 2 aliphatic heterocycles. The van der Waals surface area contributed by atoms with Crippen molar-refractivity contribution in [2.75, 3.05) is 31.9 Å². The quantitative estimate of drug-likeness (QED) is 0.885. The predicted molar refractivity (Wildman–Crippen MR) is 84.9 cm³/mol. The van der Waals surface area contributed by atoms with Crippen LogP contribution in [0.2, 0.25) is 0 Å². The van der Waals surface area contributed by atoms with E-state index in [1.54, 1.807) is 0 Å². The van der Waals surface area contributed by atoms with Crippen molar-refractivity contribution in [1.82, 2.24) is 10.3 Å². The molecule has 1 aromatic carbocycles. The average molecular weight is 333 g/mol. The smallest absolute Gasteiger partial charge is 0.245 e. The first kappa shape index (κ1) is 14.4. The number of carbonyl (C=O) groups excluding carboxylic acids is 1. The number of anilines is 1. The number of nitrogens with zero attached hydrogens (tertiary/aromatic N) is 1. The number of fused-ring (bicyclic) bond motifs is 1. The number of benzene rings is 1. The fourth-order valence-corrected chi connectivity index (χ4v) is 3.17. The Labute approximate surface area is 136 Å². The molecule has 0 saturated carbocycles. The largest absolute Gasteiger partial charge is 0.454 e. The summed E-state index contributed by atoms with van der Waals surface area (Å²) < 4.78 is 16.0. The fraction of sp³-hybridized carbons (Fsp3) is 0.333. The predicted octanol–water partition coefficient (Wildman–Crippen LogP) is 1.47. The standard InChI is InChI=1S/C15H15N3O4S/c19-14(10-6-20-4-3-16-10)18-15-17-11(7-23-15)9-1-2-12-13(5-9)22-8-21-12/h1-2,5,7,10,16H,3-4,6,8H2,(H,17,18,19). The number of carbonyl (C=O) groups is 1. The number of amides is 1. The van der Waals surface area contributed by atoms with Crippen LogP contribution in [0.1, 0.15) is 0 Å². The first-order valence-corrected chi connectivity index (χ1v) is 8.15. The van der Waals surface area contributed by atoms with Gasteiger partial charge in [0.1, 0.15) is 6.04 Å². The average Bonchev–Trinajstić information content (AvgIpc) is 3.23. The fourth-order valence-electron chi connectivity index (χ4n) is 2.45. The van der Waals surface area contributed by atoms with Gasteiger partial charge in [-0.15, -0.1) is 11.3 Å². The third kappa shape index (κ3) is 3.00. The van der Waals surface area contributed by atoms with Gasteiger partial charge in [0, 0.05) is 17.5 Å². The van der Waals surface area contributed by atoms with Gasteiger partial charge in [-0.3, -0.25) is 4.79 Å². The van der Waals surface area contributed by atoms with Crippen molar-refractivity contribution in [3.8, 4) is 22.8 Å². The van der Waals surface area contributed by atoms with Crippen molar-refractivity contribution in [3.05, 3.63) is 23.6 Å². The summed E-state index contributed by atoms with van der Waals surface area (Å²) in [6, 6.07) is 5.34. The van der Waals surface area contributed by atoms with Crippen LogP contribution in [0.25, 0.3) is 11.3 Å². The second kappa shape index (κ2) is 6.15. The summed E-state index contributed by atoms with van der Waals surface area (Å²) in [5.74, 6) is 1.32. The van der Waals surface area contributed by atoms with Gasteiger partial charge in [0.15, 0.2) is 16.6 Å². The van der Waals surface area contributed by atoms with E-state index in [0.29, 0.717) is 30.6 Å². The summed E-state index contributed by atoms with van der Waals surface area (Å²) in [7, 11) is 0. The van der Waals surface area contributed by atoms with E-state index in [2.05, 4.69) is 15.6 Å². The second-order valence-corrected chi connectivity index (χ2v) is 6.03. The molecule has 0 bridgehead atoms. The van der Waals surface area contributed by atoms with Gasteiger partial charge in [0.2, 0.25) is 12.7 Å². The Kier molecular flexibility index (Phi) is 3.86. The summed E-state index contributed by atoms with van der Waals surface area (Å²) in [5, 5.41) is 8.40. The van der Waals surface area contributed by atoms with Crippen LogP contribution >= 0.6 is 11.3 Å². The van der Waals surface area contributed by atoms with Crippen LogP contribution in [-0.4, -0.2) is 43.5 Å².